The molecule has 4 N–H and O–H groups in total. The van der Waals surface area contributed by atoms with Gasteiger partial charge < -0.3 is 16.0 Å². The van der Waals surface area contributed by atoms with E-state index in [1.165, 1.54) is 28.2 Å². The van der Waals surface area contributed by atoms with Crippen LogP contribution in [0.4, 0.5) is 10.5 Å². The Bertz CT molecular complexity index is 2260. The fourth-order valence-electron chi connectivity index (χ4n) is 6.89. The summed E-state index contributed by atoms with van der Waals surface area (Å²) >= 11 is 0. The normalized spacial score (nSPS) is 14.9. The summed E-state index contributed by atoms with van der Waals surface area (Å²) in [6, 6.07) is 24.3. The number of sulfonamides is 1. The van der Waals surface area contributed by atoms with Crippen molar-refractivity contribution in [2.45, 2.75) is 94.3 Å². The molecule has 12 heteroatoms. The predicted molar refractivity (Wildman–Crippen MR) is 223 cm³/mol. The number of nitrogens with zero attached hydrogens (tertiary/aromatic N) is 1. The lowest BCUT2D eigenvalue weighted by molar-refractivity contribution is -0.116. The molecule has 56 heavy (non-hydrogen) atoms. The number of fused-ring (bicyclic) bond motifs is 2. The highest BCUT2D eigenvalue weighted by Gasteiger charge is 2.26. The highest BCUT2D eigenvalue weighted by Crippen LogP contribution is 2.26. The lowest BCUT2D eigenvalue weighted by Crippen LogP contribution is -2.43. The number of hydrogen-bond donors (Lipinski definition) is 3. The van der Waals surface area contributed by atoms with Gasteiger partial charge in [0, 0.05) is 25.2 Å². The fraction of sp³-hybridized carbons (Fsp3) is 0.409. The van der Waals surface area contributed by atoms with Crippen LogP contribution in [0, 0.1) is 0 Å². The number of nitrogens with two attached hydrogens (primary N) is 1. The van der Waals surface area contributed by atoms with E-state index in [4.69, 9.17) is 5.73 Å². The minimum Gasteiger partial charge on any atom is -0.399 e. The number of nitrogen functional groups attached to an aromatic ring is 1. The maximum atomic E-state index is 13.0. The van der Waals surface area contributed by atoms with Gasteiger partial charge in [-0.25, -0.2) is 26.4 Å². The van der Waals surface area contributed by atoms with Crippen LogP contribution in [-0.2, 0) is 67.6 Å². The number of anilines is 1. The van der Waals surface area contributed by atoms with E-state index in [2.05, 4.69) is 22.2 Å². The van der Waals surface area contributed by atoms with Crippen molar-refractivity contribution in [3.63, 3.8) is 0 Å². The number of Topliss-reactive ketones (excluding diaryl/α,β-unsaturated/α-hetero) is 1. The topological polar surface area (TPSA) is 156 Å². The van der Waals surface area contributed by atoms with Gasteiger partial charge in [-0.1, -0.05) is 90.1 Å². The third-order valence-corrected chi connectivity index (χ3v) is 13.3. The van der Waals surface area contributed by atoms with Gasteiger partial charge in [-0.3, -0.25) is 4.79 Å². The Morgan fingerprint density at radius 2 is 1.16 bits per heavy atom. The summed E-state index contributed by atoms with van der Waals surface area (Å²) < 4.78 is 53.8. The Morgan fingerprint density at radius 3 is 1.75 bits per heavy atom. The van der Waals surface area contributed by atoms with Crippen LogP contribution in [0.3, 0.4) is 0 Å². The van der Waals surface area contributed by atoms with Crippen molar-refractivity contribution in [1.82, 2.24) is 14.9 Å². The first-order valence-corrected chi connectivity index (χ1v) is 22.3. The van der Waals surface area contributed by atoms with E-state index in [-0.39, 0.29) is 27.0 Å². The second kappa shape index (κ2) is 17.3. The molecule has 0 radical (unpaired) electrons. The Morgan fingerprint density at radius 1 is 0.661 bits per heavy atom. The minimum absolute atomic E-state index is 0.0233. The quantitative estimate of drug-likeness (QED) is 0.184. The standard InChI is InChI=1S/C34H42N2O6S2.C10H14N2/c1-33(2,3)27-9-13-30(14-10-27)43(39,40)23-29(37)22-24-7-8-25-17-19-36(20-18-26(25)21-24)32(38)35-44(41,42)31-15-11-28(12-16-31)34(4,5)6;11-10-2-1-8-3-5-12-6-4-9(8)7-10/h7-16,21H,17-20,22-23H2,1-6H3,(H,35,38);1-2,7,12H,3-6,11H2. The molecule has 2 amide bonds. The summed E-state index contributed by atoms with van der Waals surface area (Å²) in [5, 5.41) is 3.37. The Balaban J connectivity index is 0.000000421. The van der Waals surface area contributed by atoms with Gasteiger partial charge in [0.05, 0.1) is 9.79 Å². The maximum Gasteiger partial charge on any atom is 0.331 e. The second-order valence-corrected chi connectivity index (χ2v) is 20.5. The molecular formula is C44H56N4O6S2. The van der Waals surface area contributed by atoms with Crippen molar-refractivity contribution in [1.29, 1.82) is 0 Å². The van der Waals surface area contributed by atoms with E-state index < -0.39 is 37.4 Å². The number of ketones is 1. The number of rotatable bonds is 7. The molecule has 0 unspecified atom stereocenters. The van der Waals surface area contributed by atoms with Crippen LogP contribution in [0.15, 0.2) is 94.7 Å². The number of carbonyl (C=O) groups is 2. The van der Waals surface area contributed by atoms with Crippen LogP contribution in [-0.4, -0.2) is 65.5 Å². The average molecular weight is 801 g/mol. The molecule has 0 saturated heterocycles. The molecule has 0 atom stereocenters. The van der Waals surface area contributed by atoms with Crippen molar-refractivity contribution in [2.24, 2.45) is 0 Å². The zero-order chi connectivity index (χ0) is 40.9. The zero-order valence-electron chi connectivity index (χ0n) is 33.4. The molecular weight excluding hydrogens is 745 g/mol. The highest BCUT2D eigenvalue weighted by molar-refractivity contribution is 7.92. The number of nitrogens with one attached hydrogen (secondary N) is 2. The van der Waals surface area contributed by atoms with Gasteiger partial charge in [0.1, 0.15) is 5.75 Å². The minimum atomic E-state index is -4.04. The monoisotopic (exact) mass is 800 g/mol. The lowest BCUT2D eigenvalue weighted by Gasteiger charge is -2.21. The molecule has 2 aliphatic rings. The smallest absolute Gasteiger partial charge is 0.331 e. The van der Waals surface area contributed by atoms with Crippen LogP contribution in [0.5, 0.6) is 0 Å². The molecule has 2 heterocycles. The van der Waals surface area contributed by atoms with Crippen LogP contribution >= 0.6 is 0 Å². The number of sulfone groups is 1. The third-order valence-electron chi connectivity index (χ3n) is 10.3. The van der Waals surface area contributed by atoms with E-state index in [0.717, 1.165) is 53.9 Å². The molecule has 0 saturated carbocycles. The summed E-state index contributed by atoms with van der Waals surface area (Å²) in [7, 11) is -7.82. The molecule has 4 aromatic rings. The zero-order valence-corrected chi connectivity index (χ0v) is 35.1. The summed E-state index contributed by atoms with van der Waals surface area (Å²) in [5.41, 5.74) is 13.9. The van der Waals surface area contributed by atoms with Gasteiger partial charge in [0.2, 0.25) is 0 Å². The molecule has 0 spiro atoms. The van der Waals surface area contributed by atoms with Crippen molar-refractivity contribution in [3.05, 3.63) is 124 Å². The number of urea groups is 1. The SMILES string of the molecule is CC(C)(C)c1ccc(S(=O)(=O)CC(=O)Cc2ccc3c(c2)CCN(C(=O)NS(=O)(=O)c2ccc(C(C)(C)C)cc2)CC3)cc1.Nc1ccc2c(c1)CCNCC2. The number of amides is 2. The van der Waals surface area contributed by atoms with Crippen molar-refractivity contribution >= 4 is 37.4 Å². The Kier molecular flexibility index (Phi) is 13.2. The first-order valence-electron chi connectivity index (χ1n) is 19.2. The number of hydrogen-bond acceptors (Lipinski definition) is 8. The largest absolute Gasteiger partial charge is 0.399 e. The van der Waals surface area contributed by atoms with Gasteiger partial charge >= 0.3 is 6.03 Å². The van der Waals surface area contributed by atoms with E-state index >= 15 is 0 Å². The van der Waals surface area contributed by atoms with Gasteiger partial charge in [-0.05, 0) is 125 Å². The van der Waals surface area contributed by atoms with Crippen molar-refractivity contribution in [2.75, 3.05) is 37.7 Å². The molecule has 2 aliphatic heterocycles. The molecule has 0 fully saturated rings. The van der Waals surface area contributed by atoms with E-state index in [0.29, 0.717) is 31.5 Å². The Hall–Kier alpha value is -4.52. The highest BCUT2D eigenvalue weighted by atomic mass is 32.2. The maximum absolute atomic E-state index is 13.0. The number of benzene rings is 4. The molecule has 0 bridgehead atoms. The summed E-state index contributed by atoms with van der Waals surface area (Å²) in [6.45, 7) is 15.1. The van der Waals surface area contributed by atoms with E-state index in [1.807, 2.05) is 65.8 Å². The first kappa shape index (κ1) is 42.6. The van der Waals surface area contributed by atoms with Gasteiger partial charge in [0.25, 0.3) is 10.0 Å². The van der Waals surface area contributed by atoms with E-state index in [1.54, 1.807) is 36.4 Å². The van der Waals surface area contributed by atoms with Crippen molar-refractivity contribution < 1.29 is 26.4 Å². The predicted octanol–water partition coefficient (Wildman–Crippen LogP) is 6.32. The third kappa shape index (κ3) is 11.3. The van der Waals surface area contributed by atoms with Crippen LogP contribution < -0.4 is 15.8 Å². The van der Waals surface area contributed by atoms with Gasteiger partial charge in [-0.2, -0.15) is 0 Å². The first-order chi connectivity index (χ1) is 26.2. The summed E-state index contributed by atoms with van der Waals surface area (Å²) in [5.74, 6) is -0.986. The van der Waals surface area contributed by atoms with Gasteiger partial charge in [-0.15, -0.1) is 0 Å². The van der Waals surface area contributed by atoms with Crippen LogP contribution in [0.2, 0.25) is 0 Å². The van der Waals surface area contributed by atoms with E-state index in [9.17, 15) is 26.4 Å². The Labute approximate surface area is 333 Å². The van der Waals surface area contributed by atoms with Gasteiger partial charge in [0.15, 0.2) is 15.6 Å². The second-order valence-electron chi connectivity index (χ2n) is 16.8. The van der Waals surface area contributed by atoms with Crippen LogP contribution in [0.25, 0.3) is 0 Å². The molecule has 300 valence electrons. The summed E-state index contributed by atoms with van der Waals surface area (Å²) in [6.07, 6.45) is 3.22. The molecule has 10 nitrogen and oxygen atoms in total. The molecule has 4 aromatic carbocycles. The molecule has 0 aromatic heterocycles. The lowest BCUT2D eigenvalue weighted by atomic mass is 9.87. The molecule has 6 rings (SSSR count). The van der Waals surface area contributed by atoms with Crippen molar-refractivity contribution in [3.8, 4) is 0 Å². The molecule has 0 aliphatic carbocycles. The fourth-order valence-corrected chi connectivity index (χ4v) is 9.11. The summed E-state index contributed by atoms with van der Waals surface area (Å²) in [4.78, 5) is 27.4. The average Bonchev–Trinajstić information content (AvgIpc) is 3.49. The number of carbonyl (C=O) groups excluding carboxylic acids is 2. The van der Waals surface area contributed by atoms with Crippen LogP contribution in [0.1, 0.15) is 80.5 Å².